The molecule has 0 bridgehead atoms. The molecule has 1 aromatic carbocycles. The van der Waals surface area contributed by atoms with Crippen molar-refractivity contribution >= 4 is 22.9 Å². The number of nitrogens with zero attached hydrogens (tertiary/aromatic N) is 1. The Bertz CT molecular complexity index is 669. The van der Waals surface area contributed by atoms with Crippen LogP contribution in [0.15, 0.2) is 36.4 Å². The van der Waals surface area contributed by atoms with E-state index in [0.717, 1.165) is 36.6 Å². The van der Waals surface area contributed by atoms with Gasteiger partial charge in [0.15, 0.2) is 0 Å². The summed E-state index contributed by atoms with van der Waals surface area (Å²) in [6.07, 6.45) is -4.68. The second kappa shape index (κ2) is 7.31. The molecule has 1 aliphatic heterocycles. The molecule has 3 rings (SSSR count). The number of ether oxygens (including phenoxy) is 1. The van der Waals surface area contributed by atoms with Crippen LogP contribution >= 0.6 is 22.9 Å². The van der Waals surface area contributed by atoms with Crippen LogP contribution in [0, 0.1) is 0 Å². The lowest BCUT2D eigenvalue weighted by Gasteiger charge is -2.34. The van der Waals surface area contributed by atoms with E-state index < -0.39 is 6.36 Å². The molecule has 2 aromatic rings. The topological polar surface area (TPSA) is 24.5 Å². The van der Waals surface area contributed by atoms with Gasteiger partial charge in [0.2, 0.25) is 0 Å². The molecule has 1 saturated heterocycles. The maximum Gasteiger partial charge on any atom is 0.573 e. The molecule has 3 nitrogen and oxygen atoms in total. The smallest absolute Gasteiger partial charge is 0.406 e. The van der Waals surface area contributed by atoms with Crippen LogP contribution in [-0.4, -0.2) is 37.4 Å². The third kappa shape index (κ3) is 4.42. The lowest BCUT2D eigenvalue weighted by atomic mass is 10.0. The van der Waals surface area contributed by atoms with E-state index in [2.05, 4.69) is 15.0 Å². The van der Waals surface area contributed by atoms with Gasteiger partial charge >= 0.3 is 6.36 Å². The molecule has 0 amide bonds. The van der Waals surface area contributed by atoms with Crippen molar-refractivity contribution < 1.29 is 17.9 Å². The maximum atomic E-state index is 12.3. The van der Waals surface area contributed by atoms with Gasteiger partial charge in [0.05, 0.1) is 10.4 Å². The Balaban J connectivity index is 1.87. The van der Waals surface area contributed by atoms with Crippen LogP contribution in [0.3, 0.4) is 0 Å². The monoisotopic (exact) mass is 376 g/mol. The van der Waals surface area contributed by atoms with E-state index in [0.29, 0.717) is 4.34 Å². The Morgan fingerprint density at radius 2 is 1.75 bits per heavy atom. The van der Waals surface area contributed by atoms with Gasteiger partial charge in [-0.3, -0.25) is 4.90 Å². The van der Waals surface area contributed by atoms with Crippen LogP contribution in [0.5, 0.6) is 5.75 Å². The van der Waals surface area contributed by atoms with Gasteiger partial charge < -0.3 is 10.1 Å². The SMILES string of the molecule is FC(F)(F)Oc1ccc([C@H](c2ccc(Cl)s2)N2CCNCC2)cc1. The zero-order valence-corrected chi connectivity index (χ0v) is 14.2. The largest absolute Gasteiger partial charge is 0.573 e. The highest BCUT2D eigenvalue weighted by atomic mass is 35.5. The molecule has 1 aliphatic rings. The van der Waals surface area contributed by atoms with Crippen LogP contribution in [0.1, 0.15) is 16.5 Å². The van der Waals surface area contributed by atoms with Gasteiger partial charge in [-0.2, -0.15) is 0 Å². The fourth-order valence-corrected chi connectivity index (χ4v) is 4.05. The third-order valence-electron chi connectivity index (χ3n) is 3.81. The van der Waals surface area contributed by atoms with E-state index in [4.69, 9.17) is 11.6 Å². The fraction of sp³-hybridized carbons (Fsp3) is 0.375. The van der Waals surface area contributed by atoms with E-state index in [1.807, 2.05) is 12.1 Å². The number of benzene rings is 1. The first-order chi connectivity index (χ1) is 11.4. The highest BCUT2D eigenvalue weighted by molar-refractivity contribution is 7.16. The molecule has 130 valence electrons. The molecule has 0 spiro atoms. The Morgan fingerprint density at radius 1 is 1.08 bits per heavy atom. The Morgan fingerprint density at radius 3 is 2.29 bits per heavy atom. The van der Waals surface area contributed by atoms with Crippen molar-refractivity contribution in [2.24, 2.45) is 0 Å². The van der Waals surface area contributed by atoms with Crippen LogP contribution in [-0.2, 0) is 0 Å². The van der Waals surface area contributed by atoms with Crippen molar-refractivity contribution in [3.05, 3.63) is 51.2 Å². The molecule has 0 radical (unpaired) electrons. The van der Waals surface area contributed by atoms with Crippen LogP contribution < -0.4 is 10.1 Å². The molecular weight excluding hydrogens is 361 g/mol. The van der Waals surface area contributed by atoms with E-state index in [-0.39, 0.29) is 11.8 Å². The van der Waals surface area contributed by atoms with Gasteiger partial charge in [-0.15, -0.1) is 24.5 Å². The molecule has 1 N–H and O–H groups in total. The Kier molecular flexibility index (Phi) is 5.34. The highest BCUT2D eigenvalue weighted by Gasteiger charge is 2.31. The number of alkyl halides is 3. The van der Waals surface area contributed by atoms with Crippen molar-refractivity contribution in [1.82, 2.24) is 10.2 Å². The summed E-state index contributed by atoms with van der Waals surface area (Å²) >= 11 is 7.56. The van der Waals surface area contributed by atoms with Crippen molar-refractivity contribution in [3.63, 3.8) is 0 Å². The maximum absolute atomic E-state index is 12.3. The van der Waals surface area contributed by atoms with E-state index >= 15 is 0 Å². The van der Waals surface area contributed by atoms with Crippen LogP contribution in [0.25, 0.3) is 0 Å². The minimum Gasteiger partial charge on any atom is -0.406 e. The normalized spacial score (nSPS) is 17.7. The number of rotatable bonds is 4. The standard InChI is InChI=1S/C16H16ClF3N2OS/c17-14-6-5-13(24-14)15(22-9-7-21-8-10-22)11-1-3-12(4-2-11)23-16(18,19)20/h1-6,15,21H,7-10H2/t15-/m1/s1. The molecule has 0 unspecified atom stereocenters. The predicted octanol–water partition coefficient (Wildman–Crippen LogP) is 4.29. The molecule has 1 aromatic heterocycles. The van der Waals surface area contributed by atoms with Crippen molar-refractivity contribution in [3.8, 4) is 5.75 Å². The molecule has 0 saturated carbocycles. The summed E-state index contributed by atoms with van der Waals surface area (Å²) in [4.78, 5) is 3.38. The van der Waals surface area contributed by atoms with Gasteiger partial charge in [-0.1, -0.05) is 23.7 Å². The Hall–Kier alpha value is -1.28. The second-order valence-corrected chi connectivity index (χ2v) is 7.19. The van der Waals surface area contributed by atoms with E-state index in [1.165, 1.54) is 23.5 Å². The van der Waals surface area contributed by atoms with Crippen LogP contribution in [0.2, 0.25) is 4.34 Å². The summed E-state index contributed by atoms with van der Waals surface area (Å²) in [7, 11) is 0. The zero-order chi connectivity index (χ0) is 17.2. The average molecular weight is 377 g/mol. The van der Waals surface area contributed by atoms with Gasteiger partial charge in [0, 0.05) is 31.1 Å². The number of hydrogen-bond donors (Lipinski definition) is 1. The lowest BCUT2D eigenvalue weighted by Crippen LogP contribution is -2.45. The van der Waals surface area contributed by atoms with E-state index in [9.17, 15) is 13.2 Å². The van der Waals surface area contributed by atoms with Gasteiger partial charge in [-0.05, 0) is 29.8 Å². The summed E-state index contributed by atoms with van der Waals surface area (Å²) < 4.78 is 41.6. The molecule has 2 heterocycles. The summed E-state index contributed by atoms with van der Waals surface area (Å²) in [5, 5.41) is 3.30. The first-order valence-electron chi connectivity index (χ1n) is 7.48. The fourth-order valence-electron chi connectivity index (χ4n) is 2.82. The molecule has 1 atom stereocenters. The van der Waals surface area contributed by atoms with Gasteiger partial charge in [-0.25, -0.2) is 0 Å². The summed E-state index contributed by atoms with van der Waals surface area (Å²) in [6.45, 7) is 3.48. The molecular formula is C16H16ClF3N2OS. The summed E-state index contributed by atoms with van der Waals surface area (Å²) in [5.74, 6) is -0.213. The summed E-state index contributed by atoms with van der Waals surface area (Å²) in [6, 6.07) is 9.87. The first-order valence-corrected chi connectivity index (χ1v) is 8.67. The number of piperazine rings is 1. The second-order valence-electron chi connectivity index (χ2n) is 5.45. The number of halogens is 4. The minimum absolute atomic E-state index is 0.0236. The van der Waals surface area contributed by atoms with Crippen molar-refractivity contribution in [2.45, 2.75) is 12.4 Å². The quantitative estimate of drug-likeness (QED) is 0.861. The molecule has 24 heavy (non-hydrogen) atoms. The lowest BCUT2D eigenvalue weighted by molar-refractivity contribution is -0.274. The molecule has 8 heteroatoms. The average Bonchev–Trinajstić information content (AvgIpc) is 2.95. The van der Waals surface area contributed by atoms with Crippen molar-refractivity contribution in [2.75, 3.05) is 26.2 Å². The van der Waals surface area contributed by atoms with Crippen molar-refractivity contribution in [1.29, 1.82) is 0 Å². The first kappa shape index (κ1) is 17.5. The number of thiophene rings is 1. The van der Waals surface area contributed by atoms with Gasteiger partial charge in [0.25, 0.3) is 0 Å². The minimum atomic E-state index is -4.68. The van der Waals surface area contributed by atoms with Crippen LogP contribution in [0.4, 0.5) is 13.2 Å². The highest BCUT2D eigenvalue weighted by Crippen LogP contribution is 2.36. The summed E-state index contributed by atoms with van der Waals surface area (Å²) in [5.41, 5.74) is 0.921. The Labute approximate surface area is 147 Å². The number of hydrogen-bond acceptors (Lipinski definition) is 4. The zero-order valence-electron chi connectivity index (χ0n) is 12.6. The number of nitrogens with one attached hydrogen (secondary N) is 1. The van der Waals surface area contributed by atoms with Gasteiger partial charge in [0.1, 0.15) is 5.75 Å². The molecule has 1 fully saturated rings. The predicted molar refractivity (Wildman–Crippen MR) is 88.7 cm³/mol. The third-order valence-corrected chi connectivity index (χ3v) is 5.09. The van der Waals surface area contributed by atoms with E-state index in [1.54, 1.807) is 12.1 Å². The molecule has 0 aliphatic carbocycles.